The lowest BCUT2D eigenvalue weighted by Gasteiger charge is -2.34. The van der Waals surface area contributed by atoms with Crippen LogP contribution in [0.3, 0.4) is 0 Å². The average molecular weight is 480 g/mol. The van der Waals surface area contributed by atoms with Gasteiger partial charge in [-0.25, -0.2) is 4.98 Å². The summed E-state index contributed by atoms with van der Waals surface area (Å²) in [5, 5.41) is 11.2. The third-order valence-corrected chi connectivity index (χ3v) is 7.13. The molecule has 2 saturated heterocycles. The fraction of sp³-hybridized carbons (Fsp3) is 0.389. The molecule has 0 bridgehead atoms. The number of benzene rings is 1. The van der Waals surface area contributed by atoms with Crippen molar-refractivity contribution in [2.75, 3.05) is 18.1 Å². The molecule has 14 heteroatoms. The van der Waals surface area contributed by atoms with Crippen molar-refractivity contribution in [2.45, 2.75) is 36.1 Å². The van der Waals surface area contributed by atoms with E-state index in [2.05, 4.69) is 19.5 Å². The zero-order chi connectivity index (χ0) is 22.5. The van der Waals surface area contributed by atoms with E-state index in [1.165, 1.54) is 16.3 Å². The minimum Gasteiger partial charge on any atom is -0.756 e. The Balaban J connectivity index is 1.50. The highest BCUT2D eigenvalue weighted by molar-refractivity contribution is 7.99. The number of imidazole rings is 1. The van der Waals surface area contributed by atoms with Crippen molar-refractivity contribution in [2.24, 2.45) is 0 Å². The van der Waals surface area contributed by atoms with Crippen molar-refractivity contribution in [3.8, 4) is 0 Å². The molecule has 3 aromatic rings. The number of aryl methyl sites for hydroxylation is 1. The van der Waals surface area contributed by atoms with Gasteiger partial charge in [0.05, 0.1) is 6.61 Å². The second-order valence-electron chi connectivity index (χ2n) is 7.34. The number of aliphatic hydroxyl groups is 1. The van der Waals surface area contributed by atoms with Gasteiger partial charge in [-0.1, -0.05) is 42.1 Å². The Morgan fingerprint density at radius 1 is 1.34 bits per heavy atom. The first-order valence-electron chi connectivity index (χ1n) is 9.74. The molecule has 1 aromatic carbocycles. The molecule has 2 aliphatic heterocycles. The molecule has 0 spiro atoms. The van der Waals surface area contributed by atoms with Crippen LogP contribution in [-0.2, 0) is 24.8 Å². The van der Waals surface area contributed by atoms with Gasteiger partial charge in [-0.3, -0.25) is 18.9 Å². The topological polar surface area (TPSA) is 178 Å². The second-order valence-corrected chi connectivity index (χ2v) is 9.77. The molecule has 0 amide bonds. The highest BCUT2D eigenvalue weighted by atomic mass is 32.2. The van der Waals surface area contributed by atoms with Crippen LogP contribution in [0.2, 0.25) is 0 Å². The van der Waals surface area contributed by atoms with E-state index in [0.717, 1.165) is 12.0 Å². The standard InChI is InChI=1S/C18H20N5O7PS/c19-17-21-14-11(15(25)22-17)20-18(32-7-6-9-4-2-1-3-5-9)23(14)16-12(24)13-10(29-16)8-28-31(26,27)30-13/h1-5,10,12-13,16,24H,6-8H2,(H,26,27)(H3,19,21,22,25)/p-1/t10?,12?,13-,16-/m1/s1. The third-order valence-electron chi connectivity index (χ3n) is 5.21. The molecule has 5 atom stereocenters. The molecule has 2 aliphatic rings. The number of aromatic nitrogens is 4. The molecular formula is C18H19N5O7PS-. The Morgan fingerprint density at radius 3 is 2.91 bits per heavy atom. The summed E-state index contributed by atoms with van der Waals surface area (Å²) in [6, 6.07) is 9.84. The molecule has 3 unspecified atom stereocenters. The molecule has 5 rings (SSSR count). The normalized spacial score (nSPS) is 29.9. The Hall–Kier alpha value is -2.25. The highest BCUT2D eigenvalue weighted by Crippen LogP contribution is 2.50. The number of aromatic amines is 1. The molecule has 0 saturated carbocycles. The lowest BCUT2D eigenvalue weighted by Crippen LogP contribution is -2.41. The Bertz CT molecular complexity index is 1250. The lowest BCUT2D eigenvalue weighted by molar-refractivity contribution is -0.245. The highest BCUT2D eigenvalue weighted by Gasteiger charge is 2.51. The van der Waals surface area contributed by atoms with E-state index in [1.54, 1.807) is 0 Å². The van der Waals surface area contributed by atoms with Gasteiger partial charge in [0.25, 0.3) is 13.4 Å². The number of nitrogens with two attached hydrogens (primary N) is 1. The van der Waals surface area contributed by atoms with Crippen LogP contribution in [0, 0.1) is 0 Å². The maximum absolute atomic E-state index is 12.4. The monoisotopic (exact) mass is 480 g/mol. The SMILES string of the molecule is Nc1nc2c(nc(SCCc3ccccc3)n2[C@@H]2OC3COP(=O)([O-])O[C@H]3C2O)c(=O)[nH]1. The summed E-state index contributed by atoms with van der Waals surface area (Å²) in [5.41, 5.74) is 6.45. The van der Waals surface area contributed by atoms with Gasteiger partial charge >= 0.3 is 0 Å². The summed E-state index contributed by atoms with van der Waals surface area (Å²) in [6.07, 6.45) is -3.74. The van der Waals surface area contributed by atoms with Crippen molar-refractivity contribution in [1.29, 1.82) is 0 Å². The lowest BCUT2D eigenvalue weighted by atomic mass is 10.1. The molecule has 0 aliphatic carbocycles. The van der Waals surface area contributed by atoms with Gasteiger partial charge < -0.3 is 29.5 Å². The molecule has 12 nitrogen and oxygen atoms in total. The number of thioether (sulfide) groups is 1. The van der Waals surface area contributed by atoms with Gasteiger partial charge in [0.2, 0.25) is 5.95 Å². The first kappa shape index (κ1) is 21.6. The molecule has 0 radical (unpaired) electrons. The summed E-state index contributed by atoms with van der Waals surface area (Å²) in [7, 11) is -4.54. The molecule has 4 heterocycles. The summed E-state index contributed by atoms with van der Waals surface area (Å²) < 4.78 is 28.6. The number of nitrogens with zero attached hydrogens (tertiary/aromatic N) is 3. The van der Waals surface area contributed by atoms with Crippen molar-refractivity contribution >= 4 is 36.7 Å². The molecule has 2 fully saturated rings. The molecule has 2 aromatic heterocycles. The first-order valence-corrected chi connectivity index (χ1v) is 12.2. The van der Waals surface area contributed by atoms with Crippen molar-refractivity contribution in [3.05, 3.63) is 46.2 Å². The number of fused-ring (bicyclic) bond motifs is 2. The van der Waals surface area contributed by atoms with Gasteiger partial charge in [0.15, 0.2) is 22.5 Å². The number of ether oxygens (including phenoxy) is 1. The zero-order valence-corrected chi connectivity index (χ0v) is 18.2. The van der Waals surface area contributed by atoms with E-state index in [0.29, 0.717) is 10.9 Å². The minimum absolute atomic E-state index is 0.0266. The fourth-order valence-corrected chi connectivity index (χ4v) is 5.71. The maximum Gasteiger partial charge on any atom is 0.280 e. The van der Waals surface area contributed by atoms with Crippen molar-refractivity contribution in [3.63, 3.8) is 0 Å². The predicted molar refractivity (Wildman–Crippen MR) is 112 cm³/mol. The van der Waals surface area contributed by atoms with Gasteiger partial charge in [0, 0.05) is 5.75 Å². The summed E-state index contributed by atoms with van der Waals surface area (Å²) in [6.45, 7) is -0.293. The van der Waals surface area contributed by atoms with Crippen LogP contribution in [0.25, 0.3) is 11.2 Å². The van der Waals surface area contributed by atoms with E-state index in [1.807, 2.05) is 30.3 Å². The van der Waals surface area contributed by atoms with E-state index < -0.39 is 37.9 Å². The van der Waals surface area contributed by atoms with Crippen LogP contribution in [0.5, 0.6) is 0 Å². The van der Waals surface area contributed by atoms with E-state index in [4.69, 9.17) is 15.0 Å². The van der Waals surface area contributed by atoms with Crippen molar-refractivity contribution in [1.82, 2.24) is 19.5 Å². The van der Waals surface area contributed by atoms with Crippen molar-refractivity contribution < 1.29 is 28.3 Å². The molecule has 32 heavy (non-hydrogen) atoms. The van der Waals surface area contributed by atoms with E-state index in [9.17, 15) is 19.4 Å². The second kappa shape index (κ2) is 8.27. The molecular weight excluding hydrogens is 461 g/mol. The van der Waals surface area contributed by atoms with E-state index in [-0.39, 0.29) is 23.7 Å². The van der Waals surface area contributed by atoms with Crippen LogP contribution in [0.4, 0.5) is 5.95 Å². The van der Waals surface area contributed by atoms with Gasteiger partial charge in [0.1, 0.15) is 18.3 Å². The van der Waals surface area contributed by atoms with E-state index >= 15 is 0 Å². The smallest absolute Gasteiger partial charge is 0.280 e. The number of phosphoric ester groups is 1. The Kier molecular flexibility index (Phi) is 5.58. The first-order chi connectivity index (χ1) is 15.3. The number of aliphatic hydroxyl groups excluding tert-OH is 1. The van der Waals surface area contributed by atoms with Crippen LogP contribution in [0.15, 0.2) is 40.3 Å². The van der Waals surface area contributed by atoms with Gasteiger partial charge in [-0.15, -0.1) is 0 Å². The summed E-state index contributed by atoms with van der Waals surface area (Å²) >= 11 is 1.34. The number of nitrogens with one attached hydrogen (secondary N) is 1. The quantitative estimate of drug-likeness (QED) is 0.335. The number of anilines is 1. The number of nitrogen functional groups attached to an aromatic ring is 1. The van der Waals surface area contributed by atoms with Gasteiger partial charge in [-0.2, -0.15) is 4.98 Å². The van der Waals surface area contributed by atoms with Crippen LogP contribution in [0.1, 0.15) is 11.8 Å². The largest absolute Gasteiger partial charge is 0.756 e. The number of phosphoric acid groups is 1. The fourth-order valence-electron chi connectivity index (χ4n) is 3.76. The number of H-pyrrole nitrogens is 1. The summed E-state index contributed by atoms with van der Waals surface area (Å²) in [5.74, 6) is 0.490. The molecule has 170 valence electrons. The van der Waals surface area contributed by atoms with Crippen LogP contribution < -0.4 is 16.2 Å². The predicted octanol–water partition coefficient (Wildman–Crippen LogP) is 0.179. The Labute approximate surface area is 185 Å². The number of rotatable bonds is 5. The maximum atomic E-state index is 12.4. The summed E-state index contributed by atoms with van der Waals surface area (Å²) in [4.78, 5) is 35.1. The minimum atomic E-state index is -4.54. The van der Waals surface area contributed by atoms with Crippen LogP contribution in [-0.4, -0.2) is 55.3 Å². The average Bonchev–Trinajstić information content (AvgIpc) is 3.26. The molecule has 4 N–H and O–H groups in total. The van der Waals surface area contributed by atoms with Crippen LogP contribution >= 0.6 is 19.6 Å². The number of hydrogen-bond donors (Lipinski definition) is 3. The zero-order valence-electron chi connectivity index (χ0n) is 16.5. The van der Waals surface area contributed by atoms with Gasteiger partial charge in [-0.05, 0) is 12.0 Å². The third kappa shape index (κ3) is 3.97. The Morgan fingerprint density at radius 2 is 2.12 bits per heavy atom. The number of hydrogen-bond acceptors (Lipinski definition) is 11.